The zero-order valence-electron chi connectivity index (χ0n) is 16.5. The van der Waals surface area contributed by atoms with Gasteiger partial charge in [-0.3, -0.25) is 9.59 Å². The number of nitrogens with zero attached hydrogens (tertiary/aromatic N) is 3. The van der Waals surface area contributed by atoms with Crippen LogP contribution in [-0.4, -0.2) is 75.0 Å². The number of rotatable bonds is 5. The van der Waals surface area contributed by atoms with Crippen molar-refractivity contribution in [3.05, 3.63) is 0 Å². The second kappa shape index (κ2) is 10.4. The molecule has 1 saturated heterocycles. The number of ether oxygens (including phenoxy) is 1. The number of hydrogen-bond donors (Lipinski definition) is 1. The maximum atomic E-state index is 11.9. The molecule has 26 heavy (non-hydrogen) atoms. The number of guanidine groups is 1. The molecule has 7 heteroatoms. The largest absolute Gasteiger partial charge is 0.469 e. The molecule has 148 valence electrons. The van der Waals surface area contributed by atoms with Gasteiger partial charge in [-0.1, -0.05) is 19.3 Å². The summed E-state index contributed by atoms with van der Waals surface area (Å²) >= 11 is 0. The first kappa shape index (κ1) is 20.5. The Bertz CT molecular complexity index is 493. The van der Waals surface area contributed by atoms with Crippen molar-refractivity contribution >= 4 is 17.8 Å². The number of likely N-dealkylation sites (tertiary alicyclic amines) is 1. The molecule has 2 aliphatic rings. The highest BCUT2D eigenvalue weighted by Crippen LogP contribution is 2.23. The highest BCUT2D eigenvalue weighted by atomic mass is 16.5. The molecular weight excluding hydrogens is 332 g/mol. The fraction of sp³-hybridized carbons (Fsp3) is 0.842. The lowest BCUT2D eigenvalue weighted by Gasteiger charge is -2.34. The molecule has 0 aromatic rings. The summed E-state index contributed by atoms with van der Waals surface area (Å²) in [5.74, 6) is 1.33. The van der Waals surface area contributed by atoms with Crippen molar-refractivity contribution in [1.82, 2.24) is 15.1 Å². The molecule has 2 fully saturated rings. The number of amides is 1. The maximum absolute atomic E-state index is 11.9. The fourth-order valence-corrected chi connectivity index (χ4v) is 3.67. The molecule has 1 aliphatic heterocycles. The predicted octanol–water partition coefficient (Wildman–Crippen LogP) is 1.49. The number of hydrogen-bond acceptors (Lipinski definition) is 4. The Morgan fingerprint density at radius 3 is 2.35 bits per heavy atom. The van der Waals surface area contributed by atoms with Crippen LogP contribution in [-0.2, 0) is 14.3 Å². The summed E-state index contributed by atoms with van der Waals surface area (Å²) in [6, 6.07) is 0. The smallest absolute Gasteiger partial charge is 0.308 e. The summed E-state index contributed by atoms with van der Waals surface area (Å²) in [6.45, 7) is 2.57. The van der Waals surface area contributed by atoms with Crippen molar-refractivity contribution < 1.29 is 14.3 Å². The van der Waals surface area contributed by atoms with E-state index in [0.717, 1.165) is 38.4 Å². The number of methoxy groups -OCH3 is 1. The van der Waals surface area contributed by atoms with E-state index >= 15 is 0 Å². The first-order valence-electron chi connectivity index (χ1n) is 9.82. The van der Waals surface area contributed by atoms with Crippen LogP contribution in [0.2, 0.25) is 0 Å². The third kappa shape index (κ3) is 6.18. The van der Waals surface area contributed by atoms with E-state index in [0.29, 0.717) is 5.92 Å². The highest BCUT2D eigenvalue weighted by molar-refractivity contribution is 5.85. The third-order valence-corrected chi connectivity index (χ3v) is 5.47. The first-order chi connectivity index (χ1) is 12.5. The summed E-state index contributed by atoms with van der Waals surface area (Å²) in [7, 11) is 4.93. The Hall–Kier alpha value is -1.79. The van der Waals surface area contributed by atoms with Gasteiger partial charge in [-0.15, -0.1) is 0 Å². The molecule has 1 N–H and O–H groups in total. The molecule has 1 saturated carbocycles. The molecule has 0 spiro atoms. The van der Waals surface area contributed by atoms with Crippen LogP contribution in [0.4, 0.5) is 0 Å². The van der Waals surface area contributed by atoms with Gasteiger partial charge in [0, 0.05) is 33.7 Å². The number of carbonyl (C=O) groups excluding carboxylic acids is 2. The topological polar surface area (TPSA) is 74.2 Å². The van der Waals surface area contributed by atoms with Gasteiger partial charge in [-0.2, -0.15) is 0 Å². The minimum absolute atomic E-state index is 0.00795. The number of piperidine rings is 1. The standard InChI is InChI=1S/C19H34N4O3/c1-22(2)17(24)14-21-19(20-13-15-7-5-4-6-8-15)23-11-9-16(10-12-23)18(25)26-3/h15-16H,4-14H2,1-3H3,(H,20,21). The molecule has 1 amide bonds. The van der Waals surface area contributed by atoms with Gasteiger partial charge < -0.3 is 19.9 Å². The van der Waals surface area contributed by atoms with E-state index in [1.54, 1.807) is 19.0 Å². The van der Waals surface area contributed by atoms with Crippen LogP contribution in [0.5, 0.6) is 0 Å². The monoisotopic (exact) mass is 366 g/mol. The van der Waals surface area contributed by atoms with Crippen molar-refractivity contribution in [3.63, 3.8) is 0 Å². The van der Waals surface area contributed by atoms with E-state index in [-0.39, 0.29) is 24.3 Å². The van der Waals surface area contributed by atoms with E-state index in [1.807, 2.05) is 0 Å². The lowest BCUT2D eigenvalue weighted by molar-refractivity contribution is -0.146. The molecule has 7 nitrogen and oxygen atoms in total. The minimum atomic E-state index is -0.124. The molecule has 0 aromatic carbocycles. The summed E-state index contributed by atoms with van der Waals surface area (Å²) in [6.07, 6.45) is 8.01. The Balaban J connectivity index is 1.94. The van der Waals surface area contributed by atoms with Crippen molar-refractivity contribution in [2.24, 2.45) is 16.8 Å². The number of esters is 1. The van der Waals surface area contributed by atoms with Crippen LogP contribution in [0.25, 0.3) is 0 Å². The number of aliphatic imine (C=N–C) groups is 1. The Kier molecular flexibility index (Phi) is 8.19. The van der Waals surface area contributed by atoms with E-state index in [1.165, 1.54) is 39.2 Å². The van der Waals surface area contributed by atoms with Crippen LogP contribution < -0.4 is 5.32 Å². The van der Waals surface area contributed by atoms with Gasteiger partial charge >= 0.3 is 5.97 Å². The van der Waals surface area contributed by atoms with Crippen LogP contribution in [0.3, 0.4) is 0 Å². The van der Waals surface area contributed by atoms with Gasteiger partial charge in [0.25, 0.3) is 0 Å². The number of likely N-dealkylation sites (N-methyl/N-ethyl adjacent to an activating group) is 1. The Morgan fingerprint density at radius 2 is 1.77 bits per heavy atom. The average molecular weight is 367 g/mol. The molecule has 0 aromatic heterocycles. The third-order valence-electron chi connectivity index (χ3n) is 5.47. The lowest BCUT2D eigenvalue weighted by atomic mass is 9.89. The molecule has 0 bridgehead atoms. The van der Waals surface area contributed by atoms with Gasteiger partial charge in [0.05, 0.1) is 13.0 Å². The summed E-state index contributed by atoms with van der Waals surface area (Å²) < 4.78 is 4.86. The molecule has 0 unspecified atom stereocenters. The Morgan fingerprint density at radius 1 is 1.12 bits per heavy atom. The van der Waals surface area contributed by atoms with Crippen LogP contribution >= 0.6 is 0 Å². The van der Waals surface area contributed by atoms with Crippen LogP contribution in [0, 0.1) is 11.8 Å². The maximum Gasteiger partial charge on any atom is 0.308 e. The number of carbonyl (C=O) groups is 2. The molecule has 2 rings (SSSR count). The van der Waals surface area contributed by atoms with Crippen molar-refractivity contribution in [2.45, 2.75) is 44.9 Å². The van der Waals surface area contributed by atoms with Crippen molar-refractivity contribution in [1.29, 1.82) is 0 Å². The molecule has 0 atom stereocenters. The van der Waals surface area contributed by atoms with Crippen molar-refractivity contribution in [2.75, 3.05) is 47.4 Å². The zero-order chi connectivity index (χ0) is 18.9. The summed E-state index contributed by atoms with van der Waals surface area (Å²) in [5, 5.41) is 3.50. The normalized spacial score (nSPS) is 20.0. The van der Waals surface area contributed by atoms with Crippen LogP contribution in [0.1, 0.15) is 44.9 Å². The van der Waals surface area contributed by atoms with Gasteiger partial charge in [0.2, 0.25) is 5.91 Å². The van der Waals surface area contributed by atoms with E-state index < -0.39 is 0 Å². The van der Waals surface area contributed by atoms with Crippen LogP contribution in [0.15, 0.2) is 4.99 Å². The SMILES string of the molecule is COC(=O)C1CCN(C(=NCC(=O)N(C)C)NCC2CCCCC2)CC1. The molecule has 1 aliphatic carbocycles. The summed E-state index contributed by atoms with van der Waals surface area (Å²) in [4.78, 5) is 32.0. The van der Waals surface area contributed by atoms with E-state index in [2.05, 4.69) is 15.2 Å². The average Bonchev–Trinajstić information content (AvgIpc) is 2.68. The van der Waals surface area contributed by atoms with Crippen molar-refractivity contribution in [3.8, 4) is 0 Å². The summed E-state index contributed by atoms with van der Waals surface area (Å²) in [5.41, 5.74) is 0. The first-order valence-corrected chi connectivity index (χ1v) is 9.82. The van der Waals surface area contributed by atoms with Gasteiger partial charge in [0.1, 0.15) is 6.54 Å². The van der Waals surface area contributed by atoms with Gasteiger partial charge in [-0.05, 0) is 31.6 Å². The Labute approximate surface area is 157 Å². The molecule has 0 radical (unpaired) electrons. The fourth-order valence-electron chi connectivity index (χ4n) is 3.67. The zero-order valence-corrected chi connectivity index (χ0v) is 16.5. The van der Waals surface area contributed by atoms with Gasteiger partial charge in [-0.25, -0.2) is 4.99 Å². The quantitative estimate of drug-likeness (QED) is 0.453. The second-order valence-electron chi connectivity index (χ2n) is 7.60. The highest BCUT2D eigenvalue weighted by Gasteiger charge is 2.27. The molecular formula is C19H34N4O3. The number of nitrogens with one attached hydrogen (secondary N) is 1. The minimum Gasteiger partial charge on any atom is -0.469 e. The lowest BCUT2D eigenvalue weighted by Crippen LogP contribution is -2.48. The van der Waals surface area contributed by atoms with E-state index in [4.69, 9.17) is 4.74 Å². The molecule has 1 heterocycles. The second-order valence-corrected chi connectivity index (χ2v) is 7.60. The van der Waals surface area contributed by atoms with Gasteiger partial charge in [0.15, 0.2) is 5.96 Å². The van der Waals surface area contributed by atoms with E-state index in [9.17, 15) is 9.59 Å². The predicted molar refractivity (Wildman–Crippen MR) is 102 cm³/mol.